The highest BCUT2D eigenvalue weighted by Crippen LogP contribution is 2.15. The van der Waals surface area contributed by atoms with E-state index in [1.807, 2.05) is 31.2 Å². The Morgan fingerprint density at radius 1 is 1.33 bits per heavy atom. The van der Waals surface area contributed by atoms with Gasteiger partial charge in [-0.05, 0) is 18.6 Å². The molecule has 3 aromatic rings. The van der Waals surface area contributed by atoms with Gasteiger partial charge in [0.05, 0.1) is 16.3 Å². The monoisotopic (exact) mass is 303 g/mol. The van der Waals surface area contributed by atoms with Crippen LogP contribution in [0.3, 0.4) is 0 Å². The normalized spacial score (nSPS) is 12.3. The standard InChI is InChI=1S/C13H13N5O2S/c1-2-3-8-17-12(15-16-20)21-11-14-9-6-4-5-7-10(9)18(11)13(17)19/h4-7H,2-3,8H2,1H3/b15-12+. The van der Waals surface area contributed by atoms with Crippen molar-refractivity contribution in [2.45, 2.75) is 26.3 Å². The number of nitroso groups, excluding NO2 is 1. The first-order valence-electron chi connectivity index (χ1n) is 6.63. The van der Waals surface area contributed by atoms with Crippen molar-refractivity contribution in [2.75, 3.05) is 0 Å². The number of unbranched alkanes of at least 4 members (excludes halogenated alkanes) is 1. The van der Waals surface area contributed by atoms with Crippen LogP contribution in [-0.4, -0.2) is 14.0 Å². The first kappa shape index (κ1) is 13.6. The minimum absolute atomic E-state index is 0.242. The van der Waals surface area contributed by atoms with E-state index in [-0.39, 0.29) is 10.5 Å². The summed E-state index contributed by atoms with van der Waals surface area (Å²) in [4.78, 5) is 28.4. The summed E-state index contributed by atoms with van der Waals surface area (Å²) in [6, 6.07) is 7.43. The molecule has 21 heavy (non-hydrogen) atoms. The van der Waals surface area contributed by atoms with E-state index >= 15 is 0 Å². The molecule has 0 fully saturated rings. The van der Waals surface area contributed by atoms with Gasteiger partial charge in [0, 0.05) is 6.54 Å². The molecule has 0 N–H and O–H groups in total. The Bertz CT molecular complexity index is 937. The van der Waals surface area contributed by atoms with Crippen LogP contribution >= 0.6 is 11.3 Å². The number of hydrogen-bond acceptors (Lipinski definition) is 5. The third-order valence-corrected chi connectivity index (χ3v) is 4.17. The molecular weight excluding hydrogens is 290 g/mol. The van der Waals surface area contributed by atoms with Gasteiger partial charge in [-0.3, -0.25) is 4.57 Å². The van der Waals surface area contributed by atoms with Crippen LogP contribution < -0.4 is 10.5 Å². The Hall–Kier alpha value is -2.35. The Balaban J connectivity index is 2.42. The summed E-state index contributed by atoms with van der Waals surface area (Å²) in [7, 11) is 0. The Morgan fingerprint density at radius 3 is 2.90 bits per heavy atom. The fourth-order valence-electron chi connectivity index (χ4n) is 2.21. The van der Waals surface area contributed by atoms with E-state index in [2.05, 4.69) is 15.4 Å². The van der Waals surface area contributed by atoms with Crippen LogP contribution in [-0.2, 0) is 6.54 Å². The van der Waals surface area contributed by atoms with Gasteiger partial charge in [0.15, 0.2) is 0 Å². The topological polar surface area (TPSA) is 81.1 Å². The number of fused-ring (bicyclic) bond motifs is 3. The Kier molecular flexibility index (Phi) is 3.61. The van der Waals surface area contributed by atoms with E-state index < -0.39 is 0 Å². The highest BCUT2D eigenvalue weighted by atomic mass is 32.1. The van der Waals surface area contributed by atoms with Gasteiger partial charge in [-0.25, -0.2) is 14.2 Å². The molecule has 8 heteroatoms. The van der Waals surface area contributed by atoms with E-state index in [1.165, 1.54) is 15.9 Å². The number of rotatable bonds is 4. The highest BCUT2D eigenvalue weighted by Gasteiger charge is 2.11. The zero-order valence-electron chi connectivity index (χ0n) is 11.4. The van der Waals surface area contributed by atoms with Crippen LogP contribution in [0, 0.1) is 4.91 Å². The molecule has 0 saturated carbocycles. The van der Waals surface area contributed by atoms with Crippen LogP contribution in [0.4, 0.5) is 0 Å². The second-order valence-corrected chi connectivity index (χ2v) is 5.51. The molecule has 3 rings (SSSR count). The summed E-state index contributed by atoms with van der Waals surface area (Å²) in [5.41, 5.74) is 1.25. The maximum atomic E-state index is 12.7. The van der Waals surface area contributed by atoms with Gasteiger partial charge < -0.3 is 0 Å². The van der Waals surface area contributed by atoms with Gasteiger partial charge in [0.2, 0.25) is 9.76 Å². The number of benzene rings is 1. The maximum absolute atomic E-state index is 12.7. The van der Waals surface area contributed by atoms with E-state index in [9.17, 15) is 9.70 Å². The molecular formula is C13H13N5O2S. The summed E-state index contributed by atoms with van der Waals surface area (Å²) in [5.74, 6) is 0. The van der Waals surface area contributed by atoms with Crippen molar-refractivity contribution < 1.29 is 0 Å². The molecule has 0 bridgehead atoms. The van der Waals surface area contributed by atoms with Gasteiger partial charge in [0.25, 0.3) is 0 Å². The predicted molar refractivity (Wildman–Crippen MR) is 81.1 cm³/mol. The largest absolute Gasteiger partial charge is 0.337 e. The summed E-state index contributed by atoms with van der Waals surface area (Å²) < 4.78 is 3.04. The molecule has 0 atom stereocenters. The summed E-state index contributed by atoms with van der Waals surface area (Å²) in [5, 5.41) is 6.10. The average molecular weight is 303 g/mol. The van der Waals surface area contributed by atoms with Crippen LogP contribution in [0.5, 0.6) is 0 Å². The lowest BCUT2D eigenvalue weighted by Gasteiger charge is -2.05. The minimum Gasteiger partial charge on any atom is -0.267 e. The number of nitrogens with zero attached hydrogens (tertiary/aromatic N) is 5. The van der Waals surface area contributed by atoms with Gasteiger partial charge in [-0.2, -0.15) is 0 Å². The van der Waals surface area contributed by atoms with Gasteiger partial charge in [-0.1, -0.05) is 41.9 Å². The van der Waals surface area contributed by atoms with E-state index in [1.54, 1.807) is 4.40 Å². The van der Waals surface area contributed by atoms with Crippen molar-refractivity contribution in [3.63, 3.8) is 0 Å². The van der Waals surface area contributed by atoms with Crippen LogP contribution in [0.2, 0.25) is 0 Å². The zero-order valence-corrected chi connectivity index (χ0v) is 12.2. The van der Waals surface area contributed by atoms with Gasteiger partial charge >= 0.3 is 5.69 Å². The average Bonchev–Trinajstić information content (AvgIpc) is 2.85. The van der Waals surface area contributed by atoms with Crippen molar-refractivity contribution >= 4 is 27.3 Å². The third kappa shape index (κ3) is 2.27. The molecule has 1 aromatic carbocycles. The highest BCUT2D eigenvalue weighted by molar-refractivity contribution is 7.14. The van der Waals surface area contributed by atoms with Crippen molar-refractivity contribution in [2.24, 2.45) is 10.4 Å². The smallest absolute Gasteiger partial charge is 0.267 e. The molecule has 0 amide bonds. The maximum Gasteiger partial charge on any atom is 0.337 e. The lowest BCUT2D eigenvalue weighted by atomic mass is 10.3. The van der Waals surface area contributed by atoms with Crippen molar-refractivity contribution in [3.05, 3.63) is 44.5 Å². The first-order chi connectivity index (χ1) is 10.3. The van der Waals surface area contributed by atoms with Crippen molar-refractivity contribution in [1.82, 2.24) is 14.0 Å². The lowest BCUT2D eigenvalue weighted by molar-refractivity contribution is 0.580. The Labute approximate surface area is 123 Å². The second-order valence-electron chi connectivity index (χ2n) is 4.57. The lowest BCUT2D eigenvalue weighted by Crippen LogP contribution is -2.35. The number of imidazole rings is 1. The number of para-hydroxylation sites is 2. The zero-order chi connectivity index (χ0) is 14.8. The third-order valence-electron chi connectivity index (χ3n) is 3.23. The molecule has 7 nitrogen and oxygen atoms in total. The molecule has 2 heterocycles. The quantitative estimate of drug-likeness (QED) is 0.546. The first-order valence-corrected chi connectivity index (χ1v) is 7.45. The van der Waals surface area contributed by atoms with Gasteiger partial charge in [-0.15, -0.1) is 4.91 Å². The molecule has 0 saturated heterocycles. The SMILES string of the molecule is CCCCn1c(=O)n2c(nc3ccccc32)s/c1=N/N=O. The summed E-state index contributed by atoms with van der Waals surface area (Å²) >= 11 is 1.18. The molecule has 0 aliphatic rings. The van der Waals surface area contributed by atoms with Gasteiger partial charge in [0.1, 0.15) is 0 Å². The second kappa shape index (κ2) is 5.57. The summed E-state index contributed by atoms with van der Waals surface area (Å²) in [6.07, 6.45) is 1.76. The van der Waals surface area contributed by atoms with Crippen LogP contribution in [0.1, 0.15) is 19.8 Å². The molecule has 2 aromatic heterocycles. The fourth-order valence-corrected chi connectivity index (χ4v) is 3.14. The molecule has 0 unspecified atom stereocenters. The fraction of sp³-hybridized carbons (Fsp3) is 0.308. The van der Waals surface area contributed by atoms with E-state index in [0.29, 0.717) is 11.5 Å². The Morgan fingerprint density at radius 2 is 2.14 bits per heavy atom. The molecule has 0 radical (unpaired) electrons. The number of hydrogen-bond donors (Lipinski definition) is 0. The van der Waals surface area contributed by atoms with Crippen molar-refractivity contribution in [3.8, 4) is 0 Å². The van der Waals surface area contributed by atoms with Crippen LogP contribution in [0.15, 0.2) is 39.4 Å². The molecule has 0 aliphatic heterocycles. The van der Waals surface area contributed by atoms with E-state index in [0.717, 1.165) is 23.9 Å². The number of aromatic nitrogens is 3. The molecule has 108 valence electrons. The van der Waals surface area contributed by atoms with E-state index in [4.69, 9.17) is 0 Å². The predicted octanol–water partition coefficient (Wildman–Crippen LogP) is 2.09. The molecule has 0 spiro atoms. The minimum atomic E-state index is -0.242. The van der Waals surface area contributed by atoms with Crippen molar-refractivity contribution in [1.29, 1.82) is 0 Å². The van der Waals surface area contributed by atoms with Crippen LogP contribution in [0.25, 0.3) is 16.0 Å². The summed E-state index contributed by atoms with van der Waals surface area (Å²) in [6.45, 7) is 2.54. The molecule has 0 aliphatic carbocycles.